The predicted molar refractivity (Wildman–Crippen MR) is 92.8 cm³/mol. The first-order valence-electron chi connectivity index (χ1n) is 7.81. The number of amides is 2. The van der Waals surface area contributed by atoms with Crippen molar-refractivity contribution in [1.29, 1.82) is 0 Å². The molecule has 6 nitrogen and oxygen atoms in total. The molecule has 24 heavy (non-hydrogen) atoms. The second-order valence-corrected chi connectivity index (χ2v) is 7.02. The van der Waals surface area contributed by atoms with E-state index in [0.717, 1.165) is 5.56 Å². The van der Waals surface area contributed by atoms with Gasteiger partial charge in [-0.15, -0.1) is 0 Å². The first-order chi connectivity index (χ1) is 11.3. The minimum atomic E-state index is -0.875. The second kappa shape index (κ2) is 7.79. The number of likely N-dealkylation sites (N-methyl/N-ethyl adjacent to an activating group) is 1. The quantitative estimate of drug-likeness (QED) is 0.845. The van der Waals surface area contributed by atoms with E-state index in [0.29, 0.717) is 29.4 Å². The van der Waals surface area contributed by atoms with Crippen molar-refractivity contribution in [3.8, 4) is 0 Å². The number of nitrogens with zero attached hydrogens (tertiary/aromatic N) is 2. The number of halogens is 1. The van der Waals surface area contributed by atoms with Crippen LogP contribution in [-0.2, 0) is 9.59 Å². The Bertz CT molecular complexity index is 662. The van der Waals surface area contributed by atoms with Crippen LogP contribution in [0.1, 0.15) is 28.8 Å². The van der Waals surface area contributed by atoms with Crippen LogP contribution in [0, 0.1) is 12.8 Å². The number of carbonyl (C=O) groups excluding carboxylic acids is 2. The Kier molecular flexibility index (Phi) is 5.99. The number of carboxylic acid groups (broad SMARTS) is 1. The fourth-order valence-corrected chi connectivity index (χ4v) is 3.44. The lowest BCUT2D eigenvalue weighted by Crippen LogP contribution is -2.46. The van der Waals surface area contributed by atoms with E-state index in [9.17, 15) is 14.4 Å². The number of hydrogen-bond donors (Lipinski definition) is 1. The summed E-state index contributed by atoms with van der Waals surface area (Å²) in [5.74, 6) is -1.86. The molecule has 7 heteroatoms. The molecule has 0 bridgehead atoms. The lowest BCUT2D eigenvalue weighted by molar-refractivity contribution is -0.145. The number of aliphatic carboxylic acids is 1. The van der Waals surface area contributed by atoms with Crippen molar-refractivity contribution < 1.29 is 19.5 Å². The lowest BCUT2D eigenvalue weighted by Gasteiger charge is -2.32. The molecule has 1 unspecified atom stereocenters. The summed E-state index contributed by atoms with van der Waals surface area (Å²) in [5, 5.41) is 9.10. The Morgan fingerprint density at radius 1 is 1.38 bits per heavy atom. The van der Waals surface area contributed by atoms with Crippen molar-refractivity contribution in [3.05, 3.63) is 33.8 Å². The monoisotopic (exact) mass is 396 g/mol. The van der Waals surface area contributed by atoms with E-state index in [2.05, 4.69) is 15.9 Å². The van der Waals surface area contributed by atoms with Crippen molar-refractivity contribution in [2.75, 3.05) is 26.7 Å². The van der Waals surface area contributed by atoms with Crippen LogP contribution in [0.4, 0.5) is 0 Å². The minimum Gasteiger partial charge on any atom is -0.481 e. The molecule has 1 aliphatic rings. The van der Waals surface area contributed by atoms with Gasteiger partial charge in [0.15, 0.2) is 0 Å². The summed E-state index contributed by atoms with van der Waals surface area (Å²) in [7, 11) is 1.57. The lowest BCUT2D eigenvalue weighted by atomic mass is 9.98. The number of benzene rings is 1. The molecule has 0 aromatic heterocycles. The smallest absolute Gasteiger partial charge is 0.308 e. The molecule has 0 saturated carbocycles. The van der Waals surface area contributed by atoms with Crippen LogP contribution in [0.15, 0.2) is 22.7 Å². The molecule has 1 saturated heterocycles. The maximum atomic E-state index is 12.5. The molecule has 0 aliphatic carbocycles. The van der Waals surface area contributed by atoms with E-state index >= 15 is 0 Å². The minimum absolute atomic E-state index is 0.0640. The van der Waals surface area contributed by atoms with E-state index in [-0.39, 0.29) is 24.9 Å². The summed E-state index contributed by atoms with van der Waals surface area (Å²) < 4.78 is 0.690. The maximum Gasteiger partial charge on any atom is 0.308 e. The molecular weight excluding hydrogens is 376 g/mol. The number of aryl methyl sites for hydroxylation is 1. The number of carboxylic acids is 1. The zero-order valence-corrected chi connectivity index (χ0v) is 15.4. The van der Waals surface area contributed by atoms with Gasteiger partial charge < -0.3 is 14.9 Å². The Labute approximate surface area is 149 Å². The Hall–Kier alpha value is -1.89. The average Bonchev–Trinajstić information content (AvgIpc) is 2.54. The van der Waals surface area contributed by atoms with Crippen LogP contribution >= 0.6 is 15.9 Å². The highest BCUT2D eigenvalue weighted by Gasteiger charge is 2.29. The van der Waals surface area contributed by atoms with Crippen LogP contribution in [0.3, 0.4) is 0 Å². The van der Waals surface area contributed by atoms with E-state index < -0.39 is 11.9 Å². The molecule has 130 valence electrons. The number of piperidine rings is 1. The zero-order valence-electron chi connectivity index (χ0n) is 13.8. The first-order valence-corrected chi connectivity index (χ1v) is 8.61. The van der Waals surface area contributed by atoms with Crippen LogP contribution in [0.5, 0.6) is 0 Å². The molecule has 2 amide bonds. The standard InChI is InChI=1S/C17H21BrN2O4/c1-11-5-6-13(14(18)8-11)16(22)19(2)10-15(21)20-7-3-4-12(9-20)17(23)24/h5-6,8,12H,3-4,7,9-10H2,1-2H3,(H,23,24). The molecule has 1 N–H and O–H groups in total. The molecule has 2 rings (SSSR count). The molecule has 1 fully saturated rings. The van der Waals surface area contributed by atoms with Gasteiger partial charge in [0.2, 0.25) is 5.91 Å². The summed E-state index contributed by atoms with van der Waals surface area (Å²) in [4.78, 5) is 38.9. The van der Waals surface area contributed by atoms with Crippen molar-refractivity contribution >= 4 is 33.7 Å². The molecule has 1 aromatic carbocycles. The van der Waals surface area contributed by atoms with Gasteiger partial charge in [0, 0.05) is 24.6 Å². The van der Waals surface area contributed by atoms with Crippen molar-refractivity contribution in [3.63, 3.8) is 0 Å². The molecular formula is C17H21BrN2O4. The van der Waals surface area contributed by atoms with Gasteiger partial charge in [0.05, 0.1) is 18.0 Å². The van der Waals surface area contributed by atoms with Gasteiger partial charge in [-0.25, -0.2) is 0 Å². The fourth-order valence-electron chi connectivity index (χ4n) is 2.78. The van der Waals surface area contributed by atoms with E-state index in [1.165, 1.54) is 9.80 Å². The second-order valence-electron chi connectivity index (χ2n) is 6.16. The Morgan fingerprint density at radius 3 is 2.71 bits per heavy atom. The molecule has 0 spiro atoms. The number of hydrogen-bond acceptors (Lipinski definition) is 3. The summed E-state index contributed by atoms with van der Waals surface area (Å²) >= 11 is 3.37. The molecule has 1 aromatic rings. The van der Waals surface area contributed by atoms with Gasteiger partial charge in [-0.3, -0.25) is 14.4 Å². The molecule has 1 heterocycles. The molecule has 1 atom stereocenters. The zero-order chi connectivity index (χ0) is 17.9. The van der Waals surface area contributed by atoms with Crippen LogP contribution in [-0.4, -0.2) is 59.4 Å². The summed E-state index contributed by atoms with van der Waals surface area (Å²) in [5.41, 5.74) is 1.53. The normalized spacial score (nSPS) is 17.5. The van der Waals surface area contributed by atoms with Crippen LogP contribution in [0.25, 0.3) is 0 Å². The highest BCUT2D eigenvalue weighted by atomic mass is 79.9. The third-order valence-electron chi connectivity index (χ3n) is 4.20. The maximum absolute atomic E-state index is 12.5. The van der Waals surface area contributed by atoms with E-state index in [1.807, 2.05) is 19.1 Å². The van der Waals surface area contributed by atoms with Crippen LogP contribution in [0.2, 0.25) is 0 Å². The largest absolute Gasteiger partial charge is 0.481 e. The third kappa shape index (κ3) is 4.35. The Morgan fingerprint density at radius 2 is 2.08 bits per heavy atom. The highest BCUT2D eigenvalue weighted by Crippen LogP contribution is 2.20. The summed E-state index contributed by atoms with van der Waals surface area (Å²) in [6, 6.07) is 5.42. The predicted octanol–water partition coefficient (Wildman–Crippen LogP) is 2.15. The SMILES string of the molecule is Cc1ccc(C(=O)N(C)CC(=O)N2CCCC(C(=O)O)C2)c(Br)c1. The van der Waals surface area contributed by atoms with Crippen molar-refractivity contribution in [2.45, 2.75) is 19.8 Å². The Balaban J connectivity index is 2.00. The van der Waals surface area contributed by atoms with Gasteiger partial charge in [0.25, 0.3) is 5.91 Å². The highest BCUT2D eigenvalue weighted by molar-refractivity contribution is 9.10. The van der Waals surface area contributed by atoms with E-state index in [4.69, 9.17) is 5.11 Å². The first kappa shape index (κ1) is 18.4. The van der Waals surface area contributed by atoms with Gasteiger partial charge in [-0.05, 0) is 53.4 Å². The summed E-state index contributed by atoms with van der Waals surface area (Å²) in [6.45, 7) is 2.62. The fraction of sp³-hybridized carbons (Fsp3) is 0.471. The number of rotatable bonds is 4. The third-order valence-corrected chi connectivity index (χ3v) is 4.85. The van der Waals surface area contributed by atoms with Crippen molar-refractivity contribution in [1.82, 2.24) is 9.80 Å². The summed E-state index contributed by atoms with van der Waals surface area (Å²) in [6.07, 6.45) is 1.26. The van der Waals surface area contributed by atoms with Gasteiger partial charge in [-0.2, -0.15) is 0 Å². The molecule has 0 radical (unpaired) electrons. The van der Waals surface area contributed by atoms with Crippen LogP contribution < -0.4 is 0 Å². The number of carbonyl (C=O) groups is 3. The van der Waals surface area contributed by atoms with Gasteiger partial charge in [-0.1, -0.05) is 6.07 Å². The van der Waals surface area contributed by atoms with Gasteiger partial charge in [0.1, 0.15) is 0 Å². The van der Waals surface area contributed by atoms with E-state index in [1.54, 1.807) is 13.1 Å². The molecule has 1 aliphatic heterocycles. The van der Waals surface area contributed by atoms with Crippen molar-refractivity contribution in [2.24, 2.45) is 5.92 Å². The number of likely N-dealkylation sites (tertiary alicyclic amines) is 1. The van der Waals surface area contributed by atoms with Gasteiger partial charge >= 0.3 is 5.97 Å². The topological polar surface area (TPSA) is 77.9 Å². The average molecular weight is 397 g/mol.